The van der Waals surface area contributed by atoms with E-state index in [-0.39, 0.29) is 5.75 Å². The van der Waals surface area contributed by atoms with Crippen LogP contribution in [0, 0.1) is 0 Å². The number of aromatic hydroxyl groups is 1. The van der Waals surface area contributed by atoms with E-state index in [9.17, 15) is 15.3 Å². The zero-order chi connectivity index (χ0) is 15.7. The molecule has 0 aliphatic rings. The Morgan fingerprint density at radius 1 is 1.00 bits per heavy atom. The Kier molecular flexibility index (Phi) is 7.72. The lowest BCUT2D eigenvalue weighted by Crippen LogP contribution is -2.41. The minimum atomic E-state index is -1.90. The second-order valence-corrected chi connectivity index (χ2v) is 5.85. The molecule has 0 aliphatic heterocycles. The lowest BCUT2D eigenvalue weighted by molar-refractivity contribution is -0.170. The van der Waals surface area contributed by atoms with Crippen LogP contribution in [0.25, 0.3) is 0 Å². The van der Waals surface area contributed by atoms with Crippen LogP contribution in [0.3, 0.4) is 0 Å². The van der Waals surface area contributed by atoms with Gasteiger partial charge in [0, 0.05) is 13.5 Å². The summed E-state index contributed by atoms with van der Waals surface area (Å²) in [6.07, 6.45) is 8.42. The first-order valence-electron chi connectivity index (χ1n) is 7.93. The van der Waals surface area contributed by atoms with Gasteiger partial charge in [0.05, 0.1) is 0 Å². The number of hydrogen-bond acceptors (Lipinski definition) is 4. The van der Waals surface area contributed by atoms with Gasteiger partial charge in [-0.2, -0.15) is 0 Å². The number of nitrogens with one attached hydrogen (secondary N) is 1. The van der Waals surface area contributed by atoms with Gasteiger partial charge in [-0.3, -0.25) is 5.32 Å². The van der Waals surface area contributed by atoms with E-state index in [2.05, 4.69) is 12.2 Å². The van der Waals surface area contributed by atoms with Crippen LogP contribution in [0.5, 0.6) is 5.75 Å². The maximum absolute atomic E-state index is 9.58. The summed E-state index contributed by atoms with van der Waals surface area (Å²) in [5, 5.41) is 30.8. The van der Waals surface area contributed by atoms with Crippen LogP contribution < -0.4 is 5.32 Å². The minimum absolute atomic E-state index is 0.205. The van der Waals surface area contributed by atoms with E-state index in [4.69, 9.17) is 0 Å². The highest BCUT2D eigenvalue weighted by molar-refractivity contribution is 5.35. The van der Waals surface area contributed by atoms with Gasteiger partial charge in [-0.1, -0.05) is 45.1 Å². The van der Waals surface area contributed by atoms with E-state index in [1.165, 1.54) is 39.0 Å². The summed E-state index contributed by atoms with van der Waals surface area (Å²) in [5.41, 5.74) is 2.07. The summed E-state index contributed by atoms with van der Waals surface area (Å²) in [6.45, 7) is 3.82. The fourth-order valence-corrected chi connectivity index (χ4v) is 2.38. The first-order valence-corrected chi connectivity index (χ1v) is 7.93. The fraction of sp³-hybridized carbons (Fsp3) is 0.647. The SMILES string of the molecule is CCCCCCCCc1ccc(O)cc1CNC(C)(O)O. The molecule has 4 nitrogen and oxygen atoms in total. The van der Waals surface area contributed by atoms with Crippen molar-refractivity contribution in [2.24, 2.45) is 0 Å². The zero-order valence-electron chi connectivity index (χ0n) is 13.2. The molecule has 0 saturated heterocycles. The van der Waals surface area contributed by atoms with Crippen molar-refractivity contribution in [1.82, 2.24) is 5.32 Å². The maximum atomic E-state index is 9.58. The molecule has 0 spiro atoms. The van der Waals surface area contributed by atoms with Gasteiger partial charge in [0.25, 0.3) is 0 Å². The van der Waals surface area contributed by atoms with Gasteiger partial charge in [-0.25, -0.2) is 0 Å². The van der Waals surface area contributed by atoms with Gasteiger partial charge in [-0.05, 0) is 36.1 Å². The first-order chi connectivity index (χ1) is 9.92. The van der Waals surface area contributed by atoms with E-state index in [1.54, 1.807) is 12.1 Å². The lowest BCUT2D eigenvalue weighted by Gasteiger charge is -2.19. The third-order valence-electron chi connectivity index (χ3n) is 3.60. The molecule has 0 atom stereocenters. The van der Waals surface area contributed by atoms with Crippen LogP contribution in [0.1, 0.15) is 63.5 Å². The monoisotopic (exact) mass is 295 g/mol. The number of rotatable bonds is 10. The summed E-state index contributed by atoms with van der Waals surface area (Å²) >= 11 is 0. The Bertz CT molecular complexity index is 413. The second-order valence-electron chi connectivity index (χ2n) is 5.85. The molecule has 0 saturated carbocycles. The van der Waals surface area contributed by atoms with Crippen LogP contribution in [-0.4, -0.2) is 21.2 Å². The predicted molar refractivity (Wildman–Crippen MR) is 84.9 cm³/mol. The Hall–Kier alpha value is -1.10. The molecule has 0 unspecified atom stereocenters. The molecule has 21 heavy (non-hydrogen) atoms. The summed E-state index contributed by atoms with van der Waals surface area (Å²) in [6, 6.07) is 5.29. The van der Waals surface area contributed by atoms with Crippen LogP contribution in [-0.2, 0) is 13.0 Å². The average Bonchev–Trinajstić information content (AvgIpc) is 2.41. The van der Waals surface area contributed by atoms with Crippen molar-refractivity contribution in [3.63, 3.8) is 0 Å². The number of hydrogen-bond donors (Lipinski definition) is 4. The van der Waals surface area contributed by atoms with Crippen LogP contribution >= 0.6 is 0 Å². The second kappa shape index (κ2) is 9.03. The van der Waals surface area contributed by atoms with Gasteiger partial charge < -0.3 is 15.3 Å². The number of aryl methyl sites for hydroxylation is 1. The minimum Gasteiger partial charge on any atom is -0.508 e. The number of benzene rings is 1. The predicted octanol–water partition coefficient (Wildman–Crippen LogP) is 3.04. The van der Waals surface area contributed by atoms with Crippen molar-refractivity contribution in [2.45, 2.75) is 71.2 Å². The van der Waals surface area contributed by atoms with E-state index in [0.717, 1.165) is 24.0 Å². The number of phenolic OH excluding ortho intramolecular Hbond substituents is 1. The Morgan fingerprint density at radius 3 is 2.33 bits per heavy atom. The van der Waals surface area contributed by atoms with Crippen molar-refractivity contribution >= 4 is 0 Å². The molecule has 1 rings (SSSR count). The third kappa shape index (κ3) is 8.05. The van der Waals surface area contributed by atoms with Gasteiger partial charge in [0.15, 0.2) is 0 Å². The Labute approximate surface area is 127 Å². The molecular formula is C17H29NO3. The van der Waals surface area contributed by atoms with E-state index < -0.39 is 5.91 Å². The normalized spacial score (nSPS) is 11.8. The highest BCUT2D eigenvalue weighted by Crippen LogP contribution is 2.20. The van der Waals surface area contributed by atoms with Gasteiger partial charge in [0.2, 0.25) is 5.91 Å². The molecule has 4 N–H and O–H groups in total. The summed E-state index contributed by atoms with van der Waals surface area (Å²) in [4.78, 5) is 0. The lowest BCUT2D eigenvalue weighted by atomic mass is 10.00. The van der Waals surface area contributed by atoms with Crippen LogP contribution in [0.4, 0.5) is 0 Å². The molecular weight excluding hydrogens is 266 g/mol. The fourth-order valence-electron chi connectivity index (χ4n) is 2.38. The van der Waals surface area contributed by atoms with Crippen molar-refractivity contribution < 1.29 is 15.3 Å². The van der Waals surface area contributed by atoms with E-state index >= 15 is 0 Å². The van der Waals surface area contributed by atoms with Gasteiger partial charge in [-0.15, -0.1) is 0 Å². The standard InChI is InChI=1S/C17H29NO3/c1-3-4-5-6-7-8-9-14-10-11-16(19)12-15(14)13-18-17(2,20)21/h10-12,18-21H,3-9,13H2,1-2H3. The van der Waals surface area contributed by atoms with Crippen LogP contribution in [0.15, 0.2) is 18.2 Å². The van der Waals surface area contributed by atoms with Gasteiger partial charge >= 0.3 is 0 Å². The quantitative estimate of drug-likeness (QED) is 0.395. The summed E-state index contributed by atoms with van der Waals surface area (Å²) in [5.74, 6) is -1.70. The largest absolute Gasteiger partial charge is 0.508 e. The molecule has 1 aromatic carbocycles. The van der Waals surface area contributed by atoms with Gasteiger partial charge in [0.1, 0.15) is 5.75 Å². The molecule has 1 aromatic rings. The average molecular weight is 295 g/mol. The molecule has 120 valence electrons. The van der Waals surface area contributed by atoms with Crippen molar-refractivity contribution in [2.75, 3.05) is 0 Å². The molecule has 0 amide bonds. The Balaban J connectivity index is 2.48. The maximum Gasteiger partial charge on any atom is 0.219 e. The molecule has 0 heterocycles. The molecule has 0 aromatic heterocycles. The van der Waals surface area contributed by atoms with Crippen molar-refractivity contribution in [3.8, 4) is 5.75 Å². The highest BCUT2D eigenvalue weighted by atomic mass is 16.5. The molecule has 0 aliphatic carbocycles. The van der Waals surface area contributed by atoms with Crippen molar-refractivity contribution in [3.05, 3.63) is 29.3 Å². The smallest absolute Gasteiger partial charge is 0.219 e. The topological polar surface area (TPSA) is 72.7 Å². The number of unbranched alkanes of at least 4 members (excludes halogenated alkanes) is 5. The number of aliphatic hydroxyl groups is 2. The molecule has 0 bridgehead atoms. The summed E-state index contributed by atoms with van der Waals surface area (Å²) < 4.78 is 0. The van der Waals surface area contributed by atoms with E-state index in [1.807, 2.05) is 6.07 Å². The zero-order valence-corrected chi connectivity index (χ0v) is 13.2. The first kappa shape index (κ1) is 18.0. The molecule has 0 radical (unpaired) electrons. The highest BCUT2D eigenvalue weighted by Gasteiger charge is 2.14. The van der Waals surface area contributed by atoms with Crippen LogP contribution in [0.2, 0.25) is 0 Å². The third-order valence-corrected chi connectivity index (χ3v) is 3.60. The van der Waals surface area contributed by atoms with Crippen molar-refractivity contribution in [1.29, 1.82) is 0 Å². The molecule has 0 fully saturated rings. The summed E-state index contributed by atoms with van der Waals surface area (Å²) in [7, 11) is 0. The molecule has 4 heteroatoms. The number of phenols is 1. The van der Waals surface area contributed by atoms with E-state index in [0.29, 0.717) is 6.54 Å². The Morgan fingerprint density at radius 2 is 1.67 bits per heavy atom.